The van der Waals surface area contributed by atoms with E-state index in [1.165, 1.54) is 0 Å². The molecule has 3 heteroatoms. The fourth-order valence-electron chi connectivity index (χ4n) is 1.71. The van der Waals surface area contributed by atoms with Crippen molar-refractivity contribution < 1.29 is 14.9 Å². The first kappa shape index (κ1) is 9.96. The molecule has 0 aromatic heterocycles. The molecule has 0 heterocycles. The van der Waals surface area contributed by atoms with Crippen LogP contribution in [0.25, 0.3) is 0 Å². The second-order valence-corrected chi connectivity index (χ2v) is 3.82. The lowest BCUT2D eigenvalue weighted by molar-refractivity contribution is -0.0781. The first-order chi connectivity index (χ1) is 5.58. The van der Waals surface area contributed by atoms with Gasteiger partial charge < -0.3 is 14.9 Å². The van der Waals surface area contributed by atoms with E-state index in [0.717, 1.165) is 0 Å². The molecule has 0 saturated heterocycles. The predicted octanol–water partition coefficient (Wildman–Crippen LogP) is 0.686. The van der Waals surface area contributed by atoms with Crippen molar-refractivity contribution in [1.29, 1.82) is 0 Å². The molecule has 72 valence electrons. The summed E-state index contributed by atoms with van der Waals surface area (Å²) in [6.45, 7) is 3.93. The summed E-state index contributed by atoms with van der Waals surface area (Å²) in [5, 5.41) is 18.6. The number of hydrogen-bond acceptors (Lipinski definition) is 3. The molecule has 2 unspecified atom stereocenters. The summed E-state index contributed by atoms with van der Waals surface area (Å²) in [6, 6.07) is 0. The largest absolute Gasteiger partial charge is 0.393 e. The third-order valence-electron chi connectivity index (χ3n) is 2.08. The minimum atomic E-state index is -0.391. The van der Waals surface area contributed by atoms with E-state index in [9.17, 15) is 10.2 Å². The Labute approximate surface area is 73.4 Å². The van der Waals surface area contributed by atoms with E-state index < -0.39 is 12.2 Å². The monoisotopic (exact) mass is 174 g/mol. The molecule has 0 aromatic carbocycles. The standard InChI is InChI=1S/C9H18O3/c1-6(2)12-9-4-7(10)3-8(11)5-9/h6-11H,3-5H2,1-2H3. The van der Waals surface area contributed by atoms with Gasteiger partial charge in [0, 0.05) is 0 Å². The molecule has 3 nitrogen and oxygen atoms in total. The van der Waals surface area contributed by atoms with Gasteiger partial charge in [0.25, 0.3) is 0 Å². The van der Waals surface area contributed by atoms with Crippen molar-refractivity contribution in [1.82, 2.24) is 0 Å². The maximum absolute atomic E-state index is 9.32. The van der Waals surface area contributed by atoms with E-state index in [1.807, 2.05) is 13.8 Å². The lowest BCUT2D eigenvalue weighted by Gasteiger charge is -2.30. The van der Waals surface area contributed by atoms with Gasteiger partial charge in [-0.2, -0.15) is 0 Å². The highest BCUT2D eigenvalue weighted by molar-refractivity contribution is 4.78. The van der Waals surface area contributed by atoms with Gasteiger partial charge in [-0.25, -0.2) is 0 Å². The first-order valence-electron chi connectivity index (χ1n) is 4.59. The van der Waals surface area contributed by atoms with Crippen LogP contribution in [0.3, 0.4) is 0 Å². The molecule has 0 radical (unpaired) electrons. The number of aliphatic hydroxyl groups is 2. The third-order valence-corrected chi connectivity index (χ3v) is 2.08. The second-order valence-electron chi connectivity index (χ2n) is 3.82. The third kappa shape index (κ3) is 3.09. The van der Waals surface area contributed by atoms with Crippen LogP contribution in [0.15, 0.2) is 0 Å². The second kappa shape index (κ2) is 4.21. The molecular weight excluding hydrogens is 156 g/mol. The Morgan fingerprint density at radius 2 is 1.58 bits per heavy atom. The van der Waals surface area contributed by atoms with Crippen LogP contribution >= 0.6 is 0 Å². The summed E-state index contributed by atoms with van der Waals surface area (Å²) in [4.78, 5) is 0. The fraction of sp³-hybridized carbons (Fsp3) is 1.00. The van der Waals surface area contributed by atoms with Gasteiger partial charge in [0.05, 0.1) is 24.4 Å². The molecule has 12 heavy (non-hydrogen) atoms. The maximum atomic E-state index is 9.32. The van der Waals surface area contributed by atoms with E-state index in [4.69, 9.17) is 4.74 Å². The highest BCUT2D eigenvalue weighted by Gasteiger charge is 2.27. The van der Waals surface area contributed by atoms with Crippen molar-refractivity contribution >= 4 is 0 Å². The minimum Gasteiger partial charge on any atom is -0.393 e. The molecule has 1 saturated carbocycles. The predicted molar refractivity (Wildman–Crippen MR) is 45.9 cm³/mol. The summed E-state index contributed by atoms with van der Waals surface area (Å²) in [5.41, 5.74) is 0. The zero-order valence-corrected chi connectivity index (χ0v) is 7.73. The lowest BCUT2D eigenvalue weighted by atomic mass is 9.92. The van der Waals surface area contributed by atoms with Crippen molar-refractivity contribution in [3.63, 3.8) is 0 Å². The average Bonchev–Trinajstić information content (AvgIpc) is 1.81. The molecule has 1 rings (SSSR count). The van der Waals surface area contributed by atoms with Crippen LogP contribution < -0.4 is 0 Å². The molecular formula is C9H18O3. The number of ether oxygens (including phenoxy) is 1. The summed E-state index contributed by atoms with van der Waals surface area (Å²) in [6.07, 6.45) is 1.24. The van der Waals surface area contributed by atoms with E-state index in [0.29, 0.717) is 19.3 Å². The van der Waals surface area contributed by atoms with Crippen molar-refractivity contribution in [2.45, 2.75) is 57.5 Å². The van der Waals surface area contributed by atoms with Crippen LogP contribution in [-0.4, -0.2) is 34.6 Å². The number of aliphatic hydroxyl groups excluding tert-OH is 2. The Hall–Kier alpha value is -0.120. The zero-order chi connectivity index (χ0) is 9.14. The van der Waals surface area contributed by atoms with Crippen LogP contribution in [0.1, 0.15) is 33.1 Å². The molecule has 0 amide bonds. The topological polar surface area (TPSA) is 49.7 Å². The molecule has 1 aliphatic carbocycles. The summed E-state index contributed by atoms with van der Waals surface area (Å²) in [7, 11) is 0. The molecule has 2 N–H and O–H groups in total. The van der Waals surface area contributed by atoms with Crippen LogP contribution in [0, 0.1) is 0 Å². The number of hydrogen-bond donors (Lipinski definition) is 2. The van der Waals surface area contributed by atoms with Crippen LogP contribution in [0.5, 0.6) is 0 Å². The van der Waals surface area contributed by atoms with Crippen LogP contribution in [0.2, 0.25) is 0 Å². The lowest BCUT2D eigenvalue weighted by Crippen LogP contribution is -2.35. The van der Waals surface area contributed by atoms with Gasteiger partial charge in [-0.15, -0.1) is 0 Å². The van der Waals surface area contributed by atoms with E-state index in [1.54, 1.807) is 0 Å². The summed E-state index contributed by atoms with van der Waals surface area (Å²) >= 11 is 0. The van der Waals surface area contributed by atoms with Gasteiger partial charge >= 0.3 is 0 Å². The molecule has 0 bridgehead atoms. The minimum absolute atomic E-state index is 0.0312. The van der Waals surface area contributed by atoms with E-state index in [2.05, 4.69) is 0 Å². The van der Waals surface area contributed by atoms with Crippen LogP contribution in [0.4, 0.5) is 0 Å². The van der Waals surface area contributed by atoms with Gasteiger partial charge in [-0.1, -0.05) is 0 Å². The van der Waals surface area contributed by atoms with Gasteiger partial charge in [-0.3, -0.25) is 0 Å². The Morgan fingerprint density at radius 3 is 2.00 bits per heavy atom. The Kier molecular flexibility index (Phi) is 3.50. The molecule has 0 aliphatic heterocycles. The highest BCUT2D eigenvalue weighted by Crippen LogP contribution is 2.22. The van der Waals surface area contributed by atoms with Gasteiger partial charge in [0.15, 0.2) is 0 Å². The maximum Gasteiger partial charge on any atom is 0.0627 e. The summed E-state index contributed by atoms with van der Waals surface area (Å²) in [5.74, 6) is 0. The number of rotatable bonds is 2. The highest BCUT2D eigenvalue weighted by atomic mass is 16.5. The Bertz CT molecular complexity index is 123. The van der Waals surface area contributed by atoms with Gasteiger partial charge in [0.2, 0.25) is 0 Å². The molecule has 1 fully saturated rings. The fourth-order valence-corrected chi connectivity index (χ4v) is 1.71. The van der Waals surface area contributed by atoms with Gasteiger partial charge in [-0.05, 0) is 33.1 Å². The van der Waals surface area contributed by atoms with E-state index in [-0.39, 0.29) is 12.2 Å². The normalized spacial score (nSPS) is 37.2. The van der Waals surface area contributed by atoms with Crippen molar-refractivity contribution in [3.8, 4) is 0 Å². The molecule has 2 atom stereocenters. The first-order valence-corrected chi connectivity index (χ1v) is 4.59. The zero-order valence-electron chi connectivity index (χ0n) is 7.73. The summed E-state index contributed by atoms with van der Waals surface area (Å²) < 4.78 is 5.51. The Morgan fingerprint density at radius 1 is 1.08 bits per heavy atom. The quantitative estimate of drug-likeness (QED) is 0.647. The Balaban J connectivity index is 2.34. The van der Waals surface area contributed by atoms with Gasteiger partial charge in [0.1, 0.15) is 0 Å². The molecule has 1 aliphatic rings. The van der Waals surface area contributed by atoms with Crippen LogP contribution in [-0.2, 0) is 4.74 Å². The van der Waals surface area contributed by atoms with E-state index >= 15 is 0 Å². The molecule has 0 aromatic rings. The van der Waals surface area contributed by atoms with Crippen molar-refractivity contribution in [2.75, 3.05) is 0 Å². The van der Waals surface area contributed by atoms with Crippen molar-refractivity contribution in [2.24, 2.45) is 0 Å². The smallest absolute Gasteiger partial charge is 0.0627 e. The van der Waals surface area contributed by atoms with Crippen molar-refractivity contribution in [3.05, 3.63) is 0 Å². The molecule has 0 spiro atoms. The SMILES string of the molecule is CC(C)OC1CC(O)CC(O)C1. The average molecular weight is 174 g/mol.